The number of nitrogens with one attached hydrogen (secondary N) is 3. The normalized spacial score (nSPS) is 13.3. The number of ether oxygens (including phenoxy) is 1. The van der Waals surface area contributed by atoms with Gasteiger partial charge in [0.2, 0.25) is 11.9 Å². The Morgan fingerprint density at radius 3 is 2.88 bits per heavy atom. The summed E-state index contributed by atoms with van der Waals surface area (Å²) in [5.74, 6) is 1.83. The fourth-order valence-corrected chi connectivity index (χ4v) is 3.80. The number of anilines is 3. The van der Waals surface area contributed by atoms with Crippen LogP contribution in [0.25, 0.3) is 5.69 Å². The summed E-state index contributed by atoms with van der Waals surface area (Å²) in [5, 5.41) is 13.9. The zero-order valence-electron chi connectivity index (χ0n) is 19.5. The first-order chi connectivity index (χ1) is 15.9. The quantitative estimate of drug-likeness (QED) is 0.480. The van der Waals surface area contributed by atoms with E-state index in [0.717, 1.165) is 48.0 Å². The molecular formula is C23H30N8O2. The molecule has 1 amide bonds. The van der Waals surface area contributed by atoms with Gasteiger partial charge in [-0.05, 0) is 32.2 Å². The molecule has 0 saturated heterocycles. The highest BCUT2D eigenvalue weighted by atomic mass is 16.5. The summed E-state index contributed by atoms with van der Waals surface area (Å²) < 4.78 is 7.48. The lowest BCUT2D eigenvalue weighted by Gasteiger charge is -2.20. The van der Waals surface area contributed by atoms with Gasteiger partial charge in [-0.3, -0.25) is 4.79 Å². The van der Waals surface area contributed by atoms with Crippen LogP contribution in [-0.4, -0.2) is 64.9 Å². The minimum atomic E-state index is -0.0238. The summed E-state index contributed by atoms with van der Waals surface area (Å²) in [7, 11) is 5.40. The van der Waals surface area contributed by atoms with Crippen molar-refractivity contribution >= 4 is 23.4 Å². The smallest absolute Gasteiger partial charge is 0.229 e. The second kappa shape index (κ2) is 9.86. The zero-order valence-corrected chi connectivity index (χ0v) is 19.5. The van der Waals surface area contributed by atoms with Crippen LogP contribution < -0.4 is 20.7 Å². The van der Waals surface area contributed by atoms with Gasteiger partial charge in [0, 0.05) is 68.7 Å². The maximum absolute atomic E-state index is 11.4. The van der Waals surface area contributed by atoms with Crippen LogP contribution in [-0.2, 0) is 17.8 Å². The third kappa shape index (κ3) is 5.40. The summed E-state index contributed by atoms with van der Waals surface area (Å²) in [6, 6.07) is 7.65. The highest BCUT2D eigenvalue weighted by Gasteiger charge is 2.19. The molecule has 0 fully saturated rings. The summed E-state index contributed by atoms with van der Waals surface area (Å²) in [4.78, 5) is 22.8. The van der Waals surface area contributed by atoms with Crippen molar-refractivity contribution in [2.45, 2.75) is 26.3 Å². The van der Waals surface area contributed by atoms with Crippen molar-refractivity contribution in [3.05, 3.63) is 47.4 Å². The van der Waals surface area contributed by atoms with E-state index in [9.17, 15) is 4.79 Å². The number of nitrogens with zero attached hydrogens (tertiary/aromatic N) is 5. The number of methoxy groups -OCH3 is 1. The molecule has 3 N–H and O–H groups in total. The molecule has 0 atom stereocenters. The minimum absolute atomic E-state index is 0.0238. The largest absolute Gasteiger partial charge is 0.494 e. The summed E-state index contributed by atoms with van der Waals surface area (Å²) in [6.07, 6.45) is 3.38. The Labute approximate surface area is 193 Å². The van der Waals surface area contributed by atoms with Gasteiger partial charge < -0.3 is 25.6 Å². The highest BCUT2D eigenvalue weighted by Crippen LogP contribution is 2.29. The maximum Gasteiger partial charge on any atom is 0.229 e. The number of likely N-dealkylation sites (N-methyl/N-ethyl adjacent to an activating group) is 1. The van der Waals surface area contributed by atoms with Crippen LogP contribution in [0.5, 0.6) is 5.75 Å². The number of carbonyl (C=O) groups is 1. The van der Waals surface area contributed by atoms with Crippen molar-refractivity contribution in [3.63, 3.8) is 0 Å². The van der Waals surface area contributed by atoms with Gasteiger partial charge in [0.15, 0.2) is 0 Å². The Kier molecular flexibility index (Phi) is 6.74. The van der Waals surface area contributed by atoms with Gasteiger partial charge in [-0.25, -0.2) is 9.67 Å². The molecule has 1 aliphatic rings. The molecule has 0 unspecified atom stereocenters. The number of fused-ring (bicyclic) bond motifs is 1. The van der Waals surface area contributed by atoms with Gasteiger partial charge in [-0.2, -0.15) is 10.1 Å². The Hall–Kier alpha value is -3.66. The number of carbonyl (C=O) groups excluding carboxylic acids is 1. The number of amides is 1. The van der Waals surface area contributed by atoms with Gasteiger partial charge in [0.25, 0.3) is 0 Å². The van der Waals surface area contributed by atoms with E-state index in [4.69, 9.17) is 9.84 Å². The Bertz CT molecular complexity index is 1140. The molecule has 1 aromatic carbocycles. The third-order valence-electron chi connectivity index (χ3n) is 5.52. The number of aromatic nitrogens is 4. The SMILES string of the molecule is CNC(=O)CCNc1cc(C)nc(Nc2ccc(OC)c(-n3cc4c(n3)CCN(C)C4)c2)n1. The highest BCUT2D eigenvalue weighted by molar-refractivity contribution is 5.76. The first-order valence-corrected chi connectivity index (χ1v) is 11.0. The van der Waals surface area contributed by atoms with E-state index in [0.29, 0.717) is 24.7 Å². The molecule has 174 valence electrons. The van der Waals surface area contributed by atoms with Crippen molar-refractivity contribution < 1.29 is 9.53 Å². The molecule has 10 heteroatoms. The monoisotopic (exact) mass is 450 g/mol. The van der Waals surface area contributed by atoms with Crippen LogP contribution in [0, 0.1) is 6.92 Å². The second-order valence-electron chi connectivity index (χ2n) is 8.11. The number of hydrogen-bond acceptors (Lipinski definition) is 8. The maximum atomic E-state index is 11.4. The second-order valence-corrected chi connectivity index (χ2v) is 8.11. The lowest BCUT2D eigenvalue weighted by Crippen LogP contribution is -2.25. The topological polar surface area (TPSA) is 109 Å². The molecule has 0 radical (unpaired) electrons. The lowest BCUT2D eigenvalue weighted by molar-refractivity contribution is -0.120. The number of hydrogen-bond donors (Lipinski definition) is 3. The van der Waals surface area contributed by atoms with E-state index in [1.807, 2.05) is 35.9 Å². The molecule has 1 aliphatic heterocycles. The predicted molar refractivity (Wildman–Crippen MR) is 127 cm³/mol. The predicted octanol–water partition coefficient (Wildman–Crippen LogP) is 2.26. The molecule has 0 saturated carbocycles. The standard InChI is InChI=1S/C23H30N8O2/c1-15-11-21(25-9-7-22(32)24-2)28-23(26-15)27-17-5-6-20(33-4)19(12-17)31-14-16-13-30(3)10-8-18(16)29-31/h5-6,11-12,14H,7-10,13H2,1-4H3,(H,24,32)(H2,25,26,27,28). The molecule has 0 spiro atoms. The van der Waals surface area contributed by atoms with Gasteiger partial charge in [-0.15, -0.1) is 0 Å². The molecule has 4 rings (SSSR count). The number of benzene rings is 1. The van der Waals surface area contributed by atoms with Crippen molar-refractivity contribution in [1.82, 2.24) is 30.0 Å². The van der Waals surface area contributed by atoms with Crippen LogP contribution in [0.3, 0.4) is 0 Å². The summed E-state index contributed by atoms with van der Waals surface area (Å²) in [5.41, 5.74) is 4.84. The van der Waals surface area contributed by atoms with Gasteiger partial charge in [-0.1, -0.05) is 0 Å². The molecule has 3 heterocycles. The minimum Gasteiger partial charge on any atom is -0.494 e. The summed E-state index contributed by atoms with van der Waals surface area (Å²) in [6.45, 7) is 4.29. The molecule has 0 aliphatic carbocycles. The van der Waals surface area contributed by atoms with Crippen LogP contribution in [0.4, 0.5) is 17.5 Å². The van der Waals surface area contributed by atoms with Crippen molar-refractivity contribution in [3.8, 4) is 11.4 Å². The van der Waals surface area contributed by atoms with Crippen LogP contribution >= 0.6 is 0 Å². The van der Waals surface area contributed by atoms with E-state index >= 15 is 0 Å². The molecule has 3 aromatic rings. The Morgan fingerprint density at radius 2 is 2.09 bits per heavy atom. The van der Waals surface area contributed by atoms with Gasteiger partial charge >= 0.3 is 0 Å². The van der Waals surface area contributed by atoms with Crippen molar-refractivity contribution in [2.75, 3.05) is 44.9 Å². The van der Waals surface area contributed by atoms with E-state index in [2.05, 4.69) is 44.1 Å². The number of rotatable bonds is 8. The van der Waals surface area contributed by atoms with Crippen LogP contribution in [0.2, 0.25) is 0 Å². The van der Waals surface area contributed by atoms with Crippen LogP contribution in [0.1, 0.15) is 23.4 Å². The van der Waals surface area contributed by atoms with Crippen LogP contribution in [0.15, 0.2) is 30.5 Å². The fraction of sp³-hybridized carbons (Fsp3) is 0.391. The summed E-state index contributed by atoms with van der Waals surface area (Å²) >= 11 is 0. The Balaban J connectivity index is 1.55. The Morgan fingerprint density at radius 1 is 1.24 bits per heavy atom. The van der Waals surface area contributed by atoms with Crippen molar-refractivity contribution in [2.24, 2.45) is 0 Å². The van der Waals surface area contributed by atoms with Crippen molar-refractivity contribution in [1.29, 1.82) is 0 Å². The third-order valence-corrected chi connectivity index (χ3v) is 5.52. The number of aryl methyl sites for hydroxylation is 1. The molecule has 33 heavy (non-hydrogen) atoms. The molecule has 0 bridgehead atoms. The average Bonchev–Trinajstić information content (AvgIpc) is 3.21. The van der Waals surface area contributed by atoms with Gasteiger partial charge in [0.05, 0.1) is 12.8 Å². The van der Waals surface area contributed by atoms with Gasteiger partial charge in [0.1, 0.15) is 17.3 Å². The van der Waals surface area contributed by atoms with E-state index in [1.165, 1.54) is 5.56 Å². The first-order valence-electron chi connectivity index (χ1n) is 11.0. The van der Waals surface area contributed by atoms with E-state index < -0.39 is 0 Å². The lowest BCUT2D eigenvalue weighted by atomic mass is 10.1. The fourth-order valence-electron chi connectivity index (χ4n) is 3.80. The molecular weight excluding hydrogens is 420 g/mol. The zero-order chi connectivity index (χ0) is 23.4. The first kappa shape index (κ1) is 22.5. The molecule has 2 aromatic heterocycles. The molecule has 10 nitrogen and oxygen atoms in total. The average molecular weight is 451 g/mol. The van der Waals surface area contributed by atoms with E-state index in [-0.39, 0.29) is 5.91 Å². The van der Waals surface area contributed by atoms with E-state index in [1.54, 1.807) is 14.2 Å².